The van der Waals surface area contributed by atoms with Crippen LogP contribution >= 0.6 is 0 Å². The first-order valence-electron chi connectivity index (χ1n) is 10.8. The highest BCUT2D eigenvalue weighted by molar-refractivity contribution is 7.89. The summed E-state index contributed by atoms with van der Waals surface area (Å²) in [4.78, 5) is 15.6. The number of fused-ring (bicyclic) bond motifs is 1. The van der Waals surface area contributed by atoms with Crippen LogP contribution in [0.15, 0.2) is 29.2 Å². The molecule has 2 atom stereocenters. The SMILES string of the molecule is N#Cc1ccc(S(=O)(=O)N2CCC(C(=O)N3CCC[C@@H]4CCCC[C@@H]43)CC2)cc1. The molecule has 2 aliphatic heterocycles. The summed E-state index contributed by atoms with van der Waals surface area (Å²) in [5.74, 6) is 0.846. The van der Waals surface area contributed by atoms with Gasteiger partial charge in [-0.15, -0.1) is 0 Å². The molecule has 1 aromatic carbocycles. The van der Waals surface area contributed by atoms with Crippen LogP contribution in [-0.4, -0.2) is 49.2 Å². The van der Waals surface area contributed by atoms with E-state index in [9.17, 15) is 13.2 Å². The molecular weight excluding hydrogens is 386 g/mol. The molecule has 1 amide bonds. The zero-order valence-corrected chi connectivity index (χ0v) is 17.6. The van der Waals surface area contributed by atoms with Crippen molar-refractivity contribution >= 4 is 15.9 Å². The van der Waals surface area contributed by atoms with Gasteiger partial charge >= 0.3 is 0 Å². The van der Waals surface area contributed by atoms with E-state index in [-0.39, 0.29) is 16.7 Å². The number of likely N-dealkylation sites (tertiary alicyclic amines) is 1. The lowest BCUT2D eigenvalue weighted by atomic mass is 9.77. The smallest absolute Gasteiger partial charge is 0.243 e. The maximum atomic E-state index is 13.2. The van der Waals surface area contributed by atoms with Crippen LogP contribution in [-0.2, 0) is 14.8 Å². The van der Waals surface area contributed by atoms with E-state index in [4.69, 9.17) is 5.26 Å². The van der Waals surface area contributed by atoms with Crippen molar-refractivity contribution in [2.45, 2.75) is 62.3 Å². The van der Waals surface area contributed by atoms with Crippen LogP contribution in [0, 0.1) is 23.2 Å². The third-order valence-electron chi connectivity index (χ3n) is 6.95. The number of hydrogen-bond donors (Lipinski definition) is 0. The second-order valence-corrected chi connectivity index (χ2v) is 10.5. The van der Waals surface area contributed by atoms with Gasteiger partial charge in [0.1, 0.15) is 0 Å². The number of piperidine rings is 2. The van der Waals surface area contributed by atoms with Gasteiger partial charge in [0.05, 0.1) is 16.5 Å². The second-order valence-electron chi connectivity index (χ2n) is 8.60. The van der Waals surface area contributed by atoms with E-state index in [1.807, 2.05) is 6.07 Å². The fourth-order valence-corrected chi connectivity index (χ4v) is 6.80. The Morgan fingerprint density at radius 2 is 1.59 bits per heavy atom. The molecule has 1 aliphatic carbocycles. The predicted molar refractivity (Wildman–Crippen MR) is 109 cm³/mol. The van der Waals surface area contributed by atoms with Crippen LogP contribution in [0.5, 0.6) is 0 Å². The molecule has 0 aromatic heterocycles. The topological polar surface area (TPSA) is 81.5 Å². The maximum Gasteiger partial charge on any atom is 0.243 e. The molecule has 0 N–H and O–H groups in total. The Morgan fingerprint density at radius 1 is 0.931 bits per heavy atom. The molecule has 3 aliphatic rings. The third-order valence-corrected chi connectivity index (χ3v) is 8.86. The van der Waals surface area contributed by atoms with Crippen molar-refractivity contribution in [1.82, 2.24) is 9.21 Å². The van der Waals surface area contributed by atoms with Crippen LogP contribution in [0.2, 0.25) is 0 Å². The number of nitrogens with zero attached hydrogens (tertiary/aromatic N) is 3. The van der Waals surface area contributed by atoms with E-state index in [0.717, 1.165) is 19.4 Å². The van der Waals surface area contributed by atoms with Crippen LogP contribution in [0.4, 0.5) is 0 Å². The number of amides is 1. The molecule has 2 heterocycles. The second kappa shape index (κ2) is 8.45. The Labute approximate surface area is 173 Å². The summed E-state index contributed by atoms with van der Waals surface area (Å²) in [5, 5.41) is 8.90. The highest BCUT2D eigenvalue weighted by Gasteiger charge is 2.39. The average Bonchev–Trinajstić information content (AvgIpc) is 2.78. The largest absolute Gasteiger partial charge is 0.339 e. The zero-order chi connectivity index (χ0) is 20.4. The molecule has 1 saturated carbocycles. The normalized spacial score (nSPS) is 26.5. The number of carbonyl (C=O) groups excluding carboxylic acids is 1. The van der Waals surface area contributed by atoms with E-state index in [0.29, 0.717) is 43.5 Å². The van der Waals surface area contributed by atoms with Crippen LogP contribution in [0.1, 0.15) is 56.9 Å². The molecule has 3 fully saturated rings. The van der Waals surface area contributed by atoms with E-state index in [1.54, 1.807) is 0 Å². The van der Waals surface area contributed by atoms with Gasteiger partial charge in [-0.25, -0.2) is 8.42 Å². The van der Waals surface area contributed by atoms with Gasteiger partial charge in [0.25, 0.3) is 0 Å². The van der Waals surface area contributed by atoms with Gasteiger partial charge in [0, 0.05) is 31.6 Å². The summed E-state index contributed by atoms with van der Waals surface area (Å²) >= 11 is 0. The van der Waals surface area contributed by atoms with Crippen molar-refractivity contribution in [2.24, 2.45) is 11.8 Å². The van der Waals surface area contributed by atoms with Crippen molar-refractivity contribution in [3.63, 3.8) is 0 Å². The Morgan fingerprint density at radius 3 is 2.28 bits per heavy atom. The lowest BCUT2D eigenvalue weighted by molar-refractivity contribution is -0.143. The minimum absolute atomic E-state index is 0.0666. The van der Waals surface area contributed by atoms with Gasteiger partial charge in [0.2, 0.25) is 15.9 Å². The average molecular weight is 416 g/mol. The number of benzene rings is 1. The molecule has 7 heteroatoms. The monoisotopic (exact) mass is 415 g/mol. The van der Waals surface area contributed by atoms with Gasteiger partial charge in [-0.2, -0.15) is 9.57 Å². The maximum absolute atomic E-state index is 13.2. The summed E-state index contributed by atoms with van der Waals surface area (Å²) < 4.78 is 27.3. The van der Waals surface area contributed by atoms with Crippen molar-refractivity contribution in [3.8, 4) is 6.07 Å². The van der Waals surface area contributed by atoms with Gasteiger partial charge in [-0.1, -0.05) is 12.8 Å². The highest BCUT2D eigenvalue weighted by Crippen LogP contribution is 2.37. The molecule has 6 nitrogen and oxygen atoms in total. The fourth-order valence-electron chi connectivity index (χ4n) is 5.33. The lowest BCUT2D eigenvalue weighted by Gasteiger charge is -2.46. The molecule has 0 spiro atoms. The predicted octanol–water partition coefficient (Wildman–Crippen LogP) is 3.14. The highest BCUT2D eigenvalue weighted by atomic mass is 32.2. The van der Waals surface area contributed by atoms with Crippen molar-refractivity contribution in [2.75, 3.05) is 19.6 Å². The van der Waals surface area contributed by atoms with E-state index in [1.165, 1.54) is 54.3 Å². The summed E-state index contributed by atoms with van der Waals surface area (Å²) in [6.07, 6.45) is 8.39. The molecule has 29 heavy (non-hydrogen) atoms. The van der Waals surface area contributed by atoms with E-state index >= 15 is 0 Å². The number of rotatable bonds is 3. The standard InChI is InChI=1S/C22H29N3O3S/c23-16-17-7-9-20(10-8-17)29(27,28)24-14-11-19(12-15-24)22(26)25-13-3-5-18-4-1-2-6-21(18)25/h7-10,18-19,21H,1-6,11-15H2/t18-,21-/m0/s1. The molecule has 1 aromatic rings. The minimum atomic E-state index is -3.58. The van der Waals surface area contributed by atoms with Gasteiger partial charge < -0.3 is 4.90 Å². The first-order valence-corrected chi connectivity index (χ1v) is 12.3. The lowest BCUT2D eigenvalue weighted by Crippen LogP contribution is -2.53. The van der Waals surface area contributed by atoms with Crippen LogP contribution in [0.25, 0.3) is 0 Å². The third kappa shape index (κ3) is 4.06. The van der Waals surface area contributed by atoms with Gasteiger partial charge in [0.15, 0.2) is 0 Å². The summed E-state index contributed by atoms with van der Waals surface area (Å²) in [6.45, 7) is 1.62. The summed E-state index contributed by atoms with van der Waals surface area (Å²) in [7, 11) is -3.58. The van der Waals surface area contributed by atoms with Crippen molar-refractivity contribution in [1.29, 1.82) is 5.26 Å². The Kier molecular flexibility index (Phi) is 5.93. The number of carbonyl (C=O) groups is 1. The van der Waals surface area contributed by atoms with Gasteiger partial charge in [-0.05, 0) is 68.7 Å². The first kappa shape index (κ1) is 20.4. The zero-order valence-electron chi connectivity index (χ0n) is 16.8. The molecular formula is C22H29N3O3S. The molecule has 0 radical (unpaired) electrons. The van der Waals surface area contributed by atoms with E-state index in [2.05, 4.69) is 4.90 Å². The fraction of sp³-hybridized carbons (Fsp3) is 0.636. The molecule has 4 rings (SSSR count). The Bertz CT molecular complexity index is 881. The van der Waals surface area contributed by atoms with E-state index < -0.39 is 10.0 Å². The Balaban J connectivity index is 1.39. The summed E-state index contributed by atoms with van der Waals surface area (Å²) in [5.41, 5.74) is 0.441. The van der Waals surface area contributed by atoms with Crippen LogP contribution in [0.3, 0.4) is 0 Å². The minimum Gasteiger partial charge on any atom is -0.339 e. The molecule has 2 saturated heterocycles. The molecule has 0 unspecified atom stereocenters. The van der Waals surface area contributed by atoms with Crippen molar-refractivity contribution < 1.29 is 13.2 Å². The number of hydrogen-bond acceptors (Lipinski definition) is 4. The number of sulfonamides is 1. The molecule has 156 valence electrons. The number of nitriles is 1. The quantitative estimate of drug-likeness (QED) is 0.759. The Hall–Kier alpha value is -1.91. The summed E-state index contributed by atoms with van der Waals surface area (Å²) in [6, 6.07) is 8.44. The van der Waals surface area contributed by atoms with Gasteiger partial charge in [-0.3, -0.25) is 4.79 Å². The first-order chi connectivity index (χ1) is 14.0. The van der Waals surface area contributed by atoms with Crippen LogP contribution < -0.4 is 0 Å². The van der Waals surface area contributed by atoms with Crippen molar-refractivity contribution in [3.05, 3.63) is 29.8 Å². The molecule has 0 bridgehead atoms.